The molecule has 0 unspecified atom stereocenters. The number of hydrogen-bond donors (Lipinski definition) is 1. The Bertz CT molecular complexity index is 130. The first-order valence-electron chi connectivity index (χ1n) is 2.91. The van der Waals surface area contributed by atoms with Gasteiger partial charge < -0.3 is 5.73 Å². The summed E-state index contributed by atoms with van der Waals surface area (Å²) in [4.78, 5) is 3.85. The normalized spacial score (nSPS) is 10.5. The monoisotopic (exact) mass is 198 g/mol. The molecule has 0 aromatic heterocycles. The molecule has 0 spiro atoms. The number of hydrogen-bond acceptors (Lipinski definition) is 2. The van der Waals surface area contributed by atoms with Crippen LogP contribution in [0.2, 0.25) is 0 Å². The molecule has 0 bridgehead atoms. The van der Waals surface area contributed by atoms with E-state index in [1.54, 1.807) is 6.08 Å². The number of aliphatic imine (C=N–C) groups is 1. The van der Waals surface area contributed by atoms with Crippen molar-refractivity contribution in [3.8, 4) is 0 Å². The molecular formula is C6H12ClFN2S. The summed E-state index contributed by atoms with van der Waals surface area (Å²) in [6, 6.07) is 0. The fourth-order valence-electron chi connectivity index (χ4n) is 0.343. The van der Waals surface area contributed by atoms with Gasteiger partial charge >= 0.3 is 0 Å². The summed E-state index contributed by atoms with van der Waals surface area (Å²) in [5.74, 6) is 0.381. The van der Waals surface area contributed by atoms with Crippen molar-refractivity contribution in [2.24, 2.45) is 10.7 Å². The highest BCUT2D eigenvalue weighted by atomic mass is 35.5. The zero-order valence-electron chi connectivity index (χ0n) is 6.12. The van der Waals surface area contributed by atoms with Crippen LogP contribution in [0.15, 0.2) is 17.6 Å². The van der Waals surface area contributed by atoms with Gasteiger partial charge in [-0.2, -0.15) is 0 Å². The molecule has 66 valence electrons. The summed E-state index contributed by atoms with van der Waals surface area (Å²) in [6.45, 7) is 3.61. The highest BCUT2D eigenvalue weighted by Gasteiger charge is 1.90. The van der Waals surface area contributed by atoms with Gasteiger partial charge in [-0.15, -0.1) is 19.0 Å². The van der Waals surface area contributed by atoms with Crippen LogP contribution >= 0.6 is 24.2 Å². The van der Waals surface area contributed by atoms with Gasteiger partial charge in [-0.25, -0.2) is 0 Å². The van der Waals surface area contributed by atoms with E-state index >= 15 is 0 Å². The van der Waals surface area contributed by atoms with E-state index in [-0.39, 0.29) is 19.1 Å². The second-order valence-corrected chi connectivity index (χ2v) is 2.62. The third-order valence-corrected chi connectivity index (χ3v) is 1.49. The Morgan fingerprint density at radius 1 is 1.73 bits per heavy atom. The van der Waals surface area contributed by atoms with Gasteiger partial charge in [0.1, 0.15) is 0 Å². The van der Waals surface area contributed by atoms with E-state index in [9.17, 15) is 4.39 Å². The Hall–Kier alpha value is -0.220. The Kier molecular flexibility index (Phi) is 11.9. The molecule has 0 aliphatic heterocycles. The van der Waals surface area contributed by atoms with Crippen LogP contribution in [-0.2, 0) is 0 Å². The van der Waals surface area contributed by atoms with E-state index in [0.29, 0.717) is 17.5 Å². The Morgan fingerprint density at radius 2 is 2.36 bits per heavy atom. The molecule has 5 heteroatoms. The van der Waals surface area contributed by atoms with Gasteiger partial charge in [-0.3, -0.25) is 9.38 Å². The fourth-order valence-corrected chi connectivity index (χ4v) is 0.795. The van der Waals surface area contributed by atoms with Gasteiger partial charge in [0.2, 0.25) is 0 Å². The van der Waals surface area contributed by atoms with Crippen molar-refractivity contribution in [3.63, 3.8) is 0 Å². The average Bonchev–Trinajstić information content (AvgIpc) is 1.97. The van der Waals surface area contributed by atoms with Crippen molar-refractivity contribution in [2.45, 2.75) is 0 Å². The van der Waals surface area contributed by atoms with E-state index in [2.05, 4.69) is 11.6 Å². The Morgan fingerprint density at radius 3 is 2.82 bits per heavy atom. The Labute approximate surface area is 76.6 Å². The van der Waals surface area contributed by atoms with E-state index < -0.39 is 0 Å². The number of alkyl halides is 1. The van der Waals surface area contributed by atoms with Gasteiger partial charge in [0, 0.05) is 5.75 Å². The highest BCUT2D eigenvalue weighted by molar-refractivity contribution is 8.13. The summed E-state index contributed by atoms with van der Waals surface area (Å²) in [7, 11) is 0. The molecule has 0 aromatic carbocycles. The summed E-state index contributed by atoms with van der Waals surface area (Å²) in [5.41, 5.74) is 5.34. The first-order valence-corrected chi connectivity index (χ1v) is 3.89. The third kappa shape index (κ3) is 9.78. The molecule has 2 nitrogen and oxygen atoms in total. The van der Waals surface area contributed by atoms with Gasteiger partial charge in [0.05, 0.1) is 13.2 Å². The maximum absolute atomic E-state index is 11.5. The predicted octanol–water partition coefficient (Wildman–Crippen LogP) is 1.61. The molecule has 0 aliphatic rings. The largest absolute Gasteiger partial charge is 0.379 e. The lowest BCUT2D eigenvalue weighted by molar-refractivity contribution is 0.533. The molecule has 0 heterocycles. The van der Waals surface area contributed by atoms with Crippen molar-refractivity contribution in [1.82, 2.24) is 0 Å². The van der Waals surface area contributed by atoms with E-state index in [4.69, 9.17) is 5.73 Å². The van der Waals surface area contributed by atoms with E-state index in [1.807, 2.05) is 0 Å². The number of rotatable bonds is 4. The third-order valence-electron chi connectivity index (χ3n) is 0.703. The molecule has 0 amide bonds. The van der Waals surface area contributed by atoms with Crippen molar-refractivity contribution < 1.29 is 4.39 Å². The molecule has 0 atom stereocenters. The standard InChI is InChI=1S/C6H11FN2S.ClH/c1-2-4-9-6(8)10-5-3-7;/h2H,1,3-5H2,(H2,8,9);1H. The molecule has 0 fully saturated rings. The van der Waals surface area contributed by atoms with Crippen LogP contribution in [0.5, 0.6) is 0 Å². The molecular weight excluding hydrogens is 187 g/mol. The predicted molar refractivity (Wildman–Crippen MR) is 52.4 cm³/mol. The smallest absolute Gasteiger partial charge is 0.154 e. The van der Waals surface area contributed by atoms with Crippen molar-refractivity contribution in [1.29, 1.82) is 0 Å². The van der Waals surface area contributed by atoms with Crippen molar-refractivity contribution in [3.05, 3.63) is 12.7 Å². The molecule has 0 radical (unpaired) electrons. The van der Waals surface area contributed by atoms with Crippen molar-refractivity contribution >= 4 is 29.3 Å². The minimum absolute atomic E-state index is 0. The van der Waals surface area contributed by atoms with Crippen LogP contribution in [0.4, 0.5) is 4.39 Å². The van der Waals surface area contributed by atoms with Gasteiger partial charge in [-0.1, -0.05) is 17.8 Å². The van der Waals surface area contributed by atoms with Gasteiger partial charge in [0.15, 0.2) is 5.17 Å². The Balaban J connectivity index is 0. The maximum Gasteiger partial charge on any atom is 0.154 e. The lowest BCUT2D eigenvalue weighted by Gasteiger charge is -1.94. The van der Waals surface area contributed by atoms with Crippen LogP contribution in [-0.4, -0.2) is 24.1 Å². The van der Waals surface area contributed by atoms with Crippen LogP contribution in [0.25, 0.3) is 0 Å². The number of nitrogens with two attached hydrogens (primary N) is 1. The highest BCUT2D eigenvalue weighted by Crippen LogP contribution is 1.98. The summed E-state index contributed by atoms with van der Waals surface area (Å²) >= 11 is 1.22. The molecule has 2 N–H and O–H groups in total. The molecule has 0 saturated carbocycles. The molecule has 0 aliphatic carbocycles. The van der Waals surface area contributed by atoms with Crippen LogP contribution in [0.1, 0.15) is 0 Å². The van der Waals surface area contributed by atoms with Gasteiger partial charge in [-0.05, 0) is 0 Å². The zero-order valence-corrected chi connectivity index (χ0v) is 7.76. The van der Waals surface area contributed by atoms with Crippen LogP contribution in [0, 0.1) is 0 Å². The summed E-state index contributed by atoms with van der Waals surface area (Å²) in [5, 5.41) is 0.428. The quantitative estimate of drug-likeness (QED) is 0.424. The number of nitrogens with zero attached hydrogens (tertiary/aromatic N) is 1. The topological polar surface area (TPSA) is 38.4 Å². The average molecular weight is 199 g/mol. The van der Waals surface area contributed by atoms with Crippen molar-refractivity contribution in [2.75, 3.05) is 19.0 Å². The van der Waals surface area contributed by atoms with E-state index in [1.165, 1.54) is 11.8 Å². The molecule has 0 aromatic rings. The number of halogens is 2. The molecule has 11 heavy (non-hydrogen) atoms. The molecule has 0 saturated heterocycles. The van der Waals surface area contributed by atoms with Gasteiger partial charge in [0.25, 0.3) is 0 Å². The minimum Gasteiger partial charge on any atom is -0.379 e. The number of amidine groups is 1. The SMILES string of the molecule is C=CCN=C(N)SCCF.Cl. The lowest BCUT2D eigenvalue weighted by atomic mass is 10.7. The summed E-state index contributed by atoms with van der Waals surface area (Å²) in [6.07, 6.45) is 1.64. The van der Waals surface area contributed by atoms with Crippen LogP contribution < -0.4 is 5.73 Å². The first-order chi connectivity index (χ1) is 4.81. The summed E-state index contributed by atoms with van der Waals surface area (Å²) < 4.78 is 11.5. The first kappa shape index (κ1) is 13.4. The minimum atomic E-state index is -0.366. The second-order valence-electron chi connectivity index (χ2n) is 1.51. The van der Waals surface area contributed by atoms with Crippen LogP contribution in [0.3, 0.4) is 0 Å². The second kappa shape index (κ2) is 9.78. The zero-order chi connectivity index (χ0) is 7.82. The fraction of sp³-hybridized carbons (Fsp3) is 0.500. The lowest BCUT2D eigenvalue weighted by Crippen LogP contribution is -2.08. The van der Waals surface area contributed by atoms with E-state index in [0.717, 1.165) is 0 Å². The maximum atomic E-state index is 11.5. The molecule has 0 rings (SSSR count). The number of thioether (sulfide) groups is 1.